The minimum absolute atomic E-state index is 0.0461. The van der Waals surface area contributed by atoms with E-state index in [1.807, 2.05) is 25.1 Å². The second kappa shape index (κ2) is 8.85. The average molecular weight is 357 g/mol. The van der Waals surface area contributed by atoms with Gasteiger partial charge in [-0.05, 0) is 38.9 Å². The molecule has 2 heterocycles. The van der Waals surface area contributed by atoms with E-state index >= 15 is 0 Å². The molecule has 0 bridgehead atoms. The van der Waals surface area contributed by atoms with Gasteiger partial charge in [-0.3, -0.25) is 9.69 Å². The van der Waals surface area contributed by atoms with Crippen LogP contribution in [-0.2, 0) is 11.2 Å². The van der Waals surface area contributed by atoms with Crippen LogP contribution >= 0.6 is 0 Å². The third-order valence-electron chi connectivity index (χ3n) is 4.84. The second-order valence-electron chi connectivity index (χ2n) is 6.76. The molecule has 2 aromatic rings. The number of carbonyl (C=O) groups excluding carboxylic acids is 1. The molecule has 1 unspecified atom stereocenters. The molecule has 3 rings (SSSR count). The Kier molecular flexibility index (Phi) is 6.28. The van der Waals surface area contributed by atoms with Crippen molar-refractivity contribution in [2.45, 2.75) is 38.6 Å². The number of hydrogen-bond acceptors (Lipinski definition) is 5. The Morgan fingerprint density at radius 2 is 2.08 bits per heavy atom. The number of hydrogen-bond donors (Lipinski definition) is 1. The minimum atomic E-state index is -0.0461. The molecule has 1 aliphatic rings. The van der Waals surface area contributed by atoms with Crippen molar-refractivity contribution in [2.75, 3.05) is 26.7 Å². The van der Waals surface area contributed by atoms with Crippen molar-refractivity contribution in [1.29, 1.82) is 0 Å². The fourth-order valence-corrected chi connectivity index (χ4v) is 3.55. The van der Waals surface area contributed by atoms with Gasteiger partial charge in [0.25, 0.3) is 0 Å². The van der Waals surface area contributed by atoms with Crippen LogP contribution in [-0.4, -0.2) is 42.7 Å². The van der Waals surface area contributed by atoms with E-state index in [1.54, 1.807) is 13.2 Å². The Hall–Kier alpha value is -2.34. The smallest absolute Gasteiger partial charge is 0.226 e. The van der Waals surface area contributed by atoms with Crippen molar-refractivity contribution < 1.29 is 14.1 Å². The van der Waals surface area contributed by atoms with Gasteiger partial charge in [0, 0.05) is 18.2 Å². The summed E-state index contributed by atoms with van der Waals surface area (Å²) in [5, 5.41) is 6.96. The normalized spacial score (nSPS) is 16.2. The van der Waals surface area contributed by atoms with Gasteiger partial charge in [0.1, 0.15) is 11.5 Å². The highest BCUT2D eigenvalue weighted by Crippen LogP contribution is 2.30. The van der Waals surface area contributed by atoms with Crippen molar-refractivity contribution in [3.05, 3.63) is 47.3 Å². The van der Waals surface area contributed by atoms with Gasteiger partial charge in [-0.15, -0.1) is 0 Å². The summed E-state index contributed by atoms with van der Waals surface area (Å²) in [7, 11) is 1.69. The Labute approximate surface area is 154 Å². The van der Waals surface area contributed by atoms with Crippen molar-refractivity contribution in [1.82, 2.24) is 15.4 Å². The molecule has 1 atom stereocenters. The van der Waals surface area contributed by atoms with Crippen molar-refractivity contribution >= 4 is 5.91 Å². The fourth-order valence-electron chi connectivity index (χ4n) is 3.55. The van der Waals surface area contributed by atoms with Crippen LogP contribution < -0.4 is 10.1 Å². The third-order valence-corrected chi connectivity index (χ3v) is 4.84. The van der Waals surface area contributed by atoms with Gasteiger partial charge in [0.2, 0.25) is 5.91 Å². The monoisotopic (exact) mass is 357 g/mol. The first kappa shape index (κ1) is 18.5. The number of aryl methyl sites for hydroxylation is 1. The molecule has 0 spiro atoms. The lowest BCUT2D eigenvalue weighted by Crippen LogP contribution is -2.41. The molecular formula is C20H27N3O3. The maximum atomic E-state index is 12.4. The van der Waals surface area contributed by atoms with Crippen LogP contribution in [0.5, 0.6) is 5.75 Å². The first-order valence-corrected chi connectivity index (χ1v) is 9.23. The summed E-state index contributed by atoms with van der Waals surface area (Å²) in [5.74, 6) is 1.53. The Bertz CT molecular complexity index is 723. The van der Waals surface area contributed by atoms with Crippen LogP contribution in [0.4, 0.5) is 0 Å². The highest BCUT2D eigenvalue weighted by molar-refractivity contribution is 5.78. The number of benzene rings is 1. The molecule has 6 heteroatoms. The third kappa shape index (κ3) is 4.64. The van der Waals surface area contributed by atoms with Gasteiger partial charge >= 0.3 is 0 Å². The first-order valence-electron chi connectivity index (χ1n) is 9.23. The number of amides is 1. The van der Waals surface area contributed by atoms with Crippen LogP contribution in [0.2, 0.25) is 0 Å². The van der Waals surface area contributed by atoms with E-state index in [9.17, 15) is 4.79 Å². The number of ether oxygens (including phenoxy) is 1. The lowest BCUT2D eigenvalue weighted by Gasteiger charge is -2.35. The predicted octanol–water partition coefficient (Wildman–Crippen LogP) is 2.88. The average Bonchev–Trinajstić information content (AvgIpc) is 3.07. The summed E-state index contributed by atoms with van der Waals surface area (Å²) in [6.45, 7) is 4.46. The van der Waals surface area contributed by atoms with Gasteiger partial charge in [0.05, 0.1) is 25.3 Å². The maximum absolute atomic E-state index is 12.4. The van der Waals surface area contributed by atoms with Crippen molar-refractivity contribution in [3.8, 4) is 5.75 Å². The van der Waals surface area contributed by atoms with E-state index in [0.717, 1.165) is 24.4 Å². The summed E-state index contributed by atoms with van der Waals surface area (Å²) in [6.07, 6.45) is 3.89. The van der Waals surface area contributed by atoms with E-state index in [2.05, 4.69) is 21.4 Å². The van der Waals surface area contributed by atoms with Crippen LogP contribution in [0.3, 0.4) is 0 Å². The van der Waals surface area contributed by atoms with E-state index < -0.39 is 0 Å². The molecule has 0 saturated carbocycles. The van der Waals surface area contributed by atoms with Crippen LogP contribution in [0.25, 0.3) is 0 Å². The molecule has 1 saturated heterocycles. The summed E-state index contributed by atoms with van der Waals surface area (Å²) >= 11 is 0. The molecule has 0 radical (unpaired) electrons. The lowest BCUT2D eigenvalue weighted by atomic mass is 10.0. The molecule has 0 aliphatic carbocycles. The second-order valence-corrected chi connectivity index (χ2v) is 6.76. The molecule has 6 nitrogen and oxygen atoms in total. The number of piperidine rings is 1. The number of likely N-dealkylation sites (tertiary alicyclic amines) is 1. The largest absolute Gasteiger partial charge is 0.496 e. The van der Waals surface area contributed by atoms with Crippen LogP contribution in [0.15, 0.2) is 34.9 Å². The van der Waals surface area contributed by atoms with E-state index in [4.69, 9.17) is 9.26 Å². The van der Waals surface area contributed by atoms with E-state index in [1.165, 1.54) is 19.3 Å². The molecule has 1 fully saturated rings. The summed E-state index contributed by atoms with van der Waals surface area (Å²) < 4.78 is 10.6. The number of aromatic nitrogens is 1. The predicted molar refractivity (Wildman–Crippen MR) is 99.1 cm³/mol. The van der Waals surface area contributed by atoms with Crippen molar-refractivity contribution in [3.63, 3.8) is 0 Å². The van der Waals surface area contributed by atoms with Crippen LogP contribution in [0, 0.1) is 6.92 Å². The lowest BCUT2D eigenvalue weighted by molar-refractivity contribution is -0.120. The Morgan fingerprint density at radius 3 is 2.77 bits per heavy atom. The maximum Gasteiger partial charge on any atom is 0.226 e. The number of carbonyl (C=O) groups is 1. The molecule has 1 aromatic heterocycles. The highest BCUT2D eigenvalue weighted by Gasteiger charge is 2.25. The number of para-hydroxylation sites is 1. The van der Waals surface area contributed by atoms with Gasteiger partial charge in [-0.25, -0.2) is 0 Å². The Balaban J connectivity index is 1.70. The van der Waals surface area contributed by atoms with E-state index in [-0.39, 0.29) is 18.4 Å². The standard InChI is InChI=1S/C20H27N3O3/c1-15-12-16(22-26-15)13-20(24)21-14-18(23-10-6-3-7-11-23)17-8-4-5-9-19(17)25-2/h4-5,8-9,12,18H,3,6-7,10-11,13-14H2,1-2H3,(H,21,24). The number of rotatable bonds is 7. The van der Waals surface area contributed by atoms with E-state index in [0.29, 0.717) is 18.0 Å². The number of nitrogens with zero attached hydrogens (tertiary/aromatic N) is 2. The fraction of sp³-hybridized carbons (Fsp3) is 0.500. The van der Waals surface area contributed by atoms with Gasteiger partial charge in [0.15, 0.2) is 0 Å². The molecular weight excluding hydrogens is 330 g/mol. The topological polar surface area (TPSA) is 67.6 Å². The highest BCUT2D eigenvalue weighted by atomic mass is 16.5. The minimum Gasteiger partial charge on any atom is -0.496 e. The zero-order chi connectivity index (χ0) is 18.4. The molecule has 26 heavy (non-hydrogen) atoms. The van der Waals surface area contributed by atoms with Gasteiger partial charge in [-0.1, -0.05) is 29.8 Å². The number of methoxy groups -OCH3 is 1. The SMILES string of the molecule is COc1ccccc1C(CNC(=O)Cc1cc(C)on1)N1CCCCC1. The first-order chi connectivity index (χ1) is 12.7. The Morgan fingerprint density at radius 1 is 1.31 bits per heavy atom. The molecule has 1 N–H and O–H groups in total. The molecule has 1 amide bonds. The van der Waals surface area contributed by atoms with Gasteiger partial charge in [-0.2, -0.15) is 0 Å². The van der Waals surface area contributed by atoms with Crippen LogP contribution in [0.1, 0.15) is 42.3 Å². The summed E-state index contributed by atoms with van der Waals surface area (Å²) in [4.78, 5) is 14.8. The molecule has 1 aromatic carbocycles. The molecule has 1 aliphatic heterocycles. The summed E-state index contributed by atoms with van der Waals surface area (Å²) in [5.41, 5.74) is 1.78. The van der Waals surface area contributed by atoms with Crippen molar-refractivity contribution in [2.24, 2.45) is 0 Å². The molecule has 140 valence electrons. The number of nitrogens with one attached hydrogen (secondary N) is 1. The zero-order valence-corrected chi connectivity index (χ0v) is 15.5. The quantitative estimate of drug-likeness (QED) is 0.825. The zero-order valence-electron chi connectivity index (χ0n) is 15.5. The summed E-state index contributed by atoms with van der Waals surface area (Å²) in [6, 6.07) is 9.96. The van der Waals surface area contributed by atoms with Gasteiger partial charge < -0.3 is 14.6 Å².